The van der Waals surface area contributed by atoms with Gasteiger partial charge in [0.1, 0.15) is 0 Å². The van der Waals surface area contributed by atoms with Crippen LogP contribution in [-0.4, -0.2) is 23.1 Å². The second-order valence-electron chi connectivity index (χ2n) is 4.43. The number of benzene rings is 1. The monoisotopic (exact) mass is 306 g/mol. The van der Waals surface area contributed by atoms with Gasteiger partial charge in [-0.1, -0.05) is 11.8 Å². The number of rotatable bonds is 5. The summed E-state index contributed by atoms with van der Waals surface area (Å²) in [6, 6.07) is 5.76. The van der Waals surface area contributed by atoms with Gasteiger partial charge in [0.05, 0.1) is 4.90 Å². The van der Waals surface area contributed by atoms with Gasteiger partial charge in [0.25, 0.3) is 5.56 Å². The van der Waals surface area contributed by atoms with E-state index in [0.717, 1.165) is 23.7 Å². The minimum absolute atomic E-state index is 0.400. The molecule has 0 aliphatic heterocycles. The Hall–Kier alpha value is -2.15. The SMILES string of the molecule is CCN(CC)c1ccc(Sc2c[nH]c(=O)[nH]c2=O)c(N)c1. The predicted molar refractivity (Wildman–Crippen MR) is 86.2 cm³/mol. The van der Waals surface area contributed by atoms with Gasteiger partial charge in [0, 0.05) is 35.6 Å². The number of aromatic amines is 2. The molecule has 0 saturated carbocycles. The third-order valence-corrected chi connectivity index (χ3v) is 4.24. The number of H-pyrrole nitrogens is 2. The highest BCUT2D eigenvalue weighted by atomic mass is 32.2. The molecular formula is C14H18N4O2S. The Balaban J connectivity index is 2.29. The molecular weight excluding hydrogens is 288 g/mol. The molecule has 0 unspecified atom stereocenters. The summed E-state index contributed by atoms with van der Waals surface area (Å²) in [4.78, 5) is 30.7. The number of nitrogens with zero attached hydrogens (tertiary/aromatic N) is 1. The van der Waals surface area contributed by atoms with Crippen LogP contribution < -0.4 is 21.9 Å². The zero-order chi connectivity index (χ0) is 15.4. The summed E-state index contributed by atoms with van der Waals surface area (Å²) in [6.07, 6.45) is 1.39. The molecule has 0 saturated heterocycles. The lowest BCUT2D eigenvalue weighted by atomic mass is 10.2. The summed E-state index contributed by atoms with van der Waals surface area (Å²) >= 11 is 1.23. The fourth-order valence-electron chi connectivity index (χ4n) is 2.01. The van der Waals surface area contributed by atoms with Crippen molar-refractivity contribution in [3.63, 3.8) is 0 Å². The van der Waals surface area contributed by atoms with E-state index in [1.807, 2.05) is 18.2 Å². The zero-order valence-corrected chi connectivity index (χ0v) is 12.8. The predicted octanol–water partition coefficient (Wildman–Crippen LogP) is 1.64. The molecule has 4 N–H and O–H groups in total. The average molecular weight is 306 g/mol. The maximum absolute atomic E-state index is 11.7. The maximum Gasteiger partial charge on any atom is 0.325 e. The van der Waals surface area contributed by atoms with Crippen LogP contribution in [0.1, 0.15) is 13.8 Å². The Kier molecular flexibility index (Phi) is 4.74. The van der Waals surface area contributed by atoms with Gasteiger partial charge in [0.2, 0.25) is 0 Å². The molecule has 0 aliphatic carbocycles. The van der Waals surface area contributed by atoms with Gasteiger partial charge in [-0.25, -0.2) is 4.79 Å². The van der Waals surface area contributed by atoms with Crippen LogP contribution in [0.3, 0.4) is 0 Å². The highest BCUT2D eigenvalue weighted by Gasteiger charge is 2.09. The van der Waals surface area contributed by atoms with E-state index >= 15 is 0 Å². The third kappa shape index (κ3) is 3.49. The van der Waals surface area contributed by atoms with Gasteiger partial charge in [-0.2, -0.15) is 0 Å². The van der Waals surface area contributed by atoms with Gasteiger partial charge in [-0.3, -0.25) is 9.78 Å². The smallest absolute Gasteiger partial charge is 0.325 e. The van der Waals surface area contributed by atoms with Gasteiger partial charge >= 0.3 is 5.69 Å². The molecule has 0 atom stereocenters. The third-order valence-electron chi connectivity index (χ3n) is 3.13. The molecule has 7 heteroatoms. The summed E-state index contributed by atoms with van der Waals surface area (Å²) < 4.78 is 0. The number of nitrogen functional groups attached to an aromatic ring is 1. The quantitative estimate of drug-likeness (QED) is 0.730. The number of anilines is 2. The van der Waals surface area contributed by atoms with E-state index in [2.05, 4.69) is 28.7 Å². The van der Waals surface area contributed by atoms with E-state index < -0.39 is 11.2 Å². The van der Waals surface area contributed by atoms with Crippen LogP contribution >= 0.6 is 11.8 Å². The van der Waals surface area contributed by atoms with E-state index in [4.69, 9.17) is 5.73 Å². The van der Waals surface area contributed by atoms with Crippen molar-refractivity contribution in [3.05, 3.63) is 45.2 Å². The Morgan fingerprint density at radius 2 is 1.90 bits per heavy atom. The zero-order valence-electron chi connectivity index (χ0n) is 12.0. The van der Waals surface area contributed by atoms with Crippen molar-refractivity contribution in [2.24, 2.45) is 0 Å². The van der Waals surface area contributed by atoms with Crippen LogP contribution in [0, 0.1) is 0 Å². The van der Waals surface area contributed by atoms with Gasteiger partial charge in [-0.15, -0.1) is 0 Å². The van der Waals surface area contributed by atoms with E-state index in [9.17, 15) is 9.59 Å². The minimum atomic E-state index is -0.519. The topological polar surface area (TPSA) is 95.0 Å². The van der Waals surface area contributed by atoms with Crippen molar-refractivity contribution in [1.82, 2.24) is 9.97 Å². The number of nitrogens with one attached hydrogen (secondary N) is 2. The van der Waals surface area contributed by atoms with Gasteiger partial charge in [0.15, 0.2) is 0 Å². The Labute approximate surface area is 126 Å². The summed E-state index contributed by atoms with van der Waals surface area (Å²) in [5, 5.41) is 0. The van der Waals surface area contributed by atoms with E-state index in [1.165, 1.54) is 18.0 Å². The molecule has 0 fully saturated rings. The van der Waals surface area contributed by atoms with Crippen LogP contribution in [0.5, 0.6) is 0 Å². The Morgan fingerprint density at radius 3 is 2.48 bits per heavy atom. The number of aromatic nitrogens is 2. The van der Waals surface area contributed by atoms with Crippen molar-refractivity contribution in [1.29, 1.82) is 0 Å². The standard InChI is InChI=1S/C14H18N4O2S/c1-3-18(4-2)9-5-6-11(10(15)7-9)21-12-8-16-14(20)17-13(12)19/h5-8H,3-4,15H2,1-2H3,(H2,16,17,19,20). The minimum Gasteiger partial charge on any atom is -0.398 e. The largest absolute Gasteiger partial charge is 0.398 e. The second kappa shape index (κ2) is 6.53. The summed E-state index contributed by atoms with van der Waals surface area (Å²) in [7, 11) is 0. The molecule has 0 aliphatic rings. The maximum atomic E-state index is 11.7. The first-order valence-corrected chi connectivity index (χ1v) is 7.51. The van der Waals surface area contributed by atoms with E-state index in [-0.39, 0.29) is 0 Å². The van der Waals surface area contributed by atoms with Crippen molar-refractivity contribution < 1.29 is 0 Å². The summed E-state index contributed by atoms with van der Waals surface area (Å²) in [5.74, 6) is 0. The molecule has 0 amide bonds. The van der Waals surface area contributed by atoms with E-state index in [1.54, 1.807) is 0 Å². The van der Waals surface area contributed by atoms with Crippen LogP contribution in [0.25, 0.3) is 0 Å². The fraction of sp³-hybridized carbons (Fsp3) is 0.286. The first-order chi connectivity index (χ1) is 10.0. The number of nitrogens with two attached hydrogens (primary N) is 1. The molecule has 0 radical (unpaired) electrons. The van der Waals surface area contributed by atoms with E-state index in [0.29, 0.717) is 10.6 Å². The molecule has 0 bridgehead atoms. The second-order valence-corrected chi connectivity index (χ2v) is 5.52. The number of hydrogen-bond acceptors (Lipinski definition) is 5. The average Bonchev–Trinajstić information content (AvgIpc) is 2.45. The lowest BCUT2D eigenvalue weighted by molar-refractivity contribution is 0.866. The van der Waals surface area contributed by atoms with Gasteiger partial charge < -0.3 is 15.6 Å². The van der Waals surface area contributed by atoms with Gasteiger partial charge in [-0.05, 0) is 32.0 Å². The molecule has 21 heavy (non-hydrogen) atoms. The number of hydrogen-bond donors (Lipinski definition) is 3. The first kappa shape index (κ1) is 15.2. The summed E-state index contributed by atoms with van der Waals surface area (Å²) in [5.41, 5.74) is 6.78. The van der Waals surface area contributed by atoms with Crippen molar-refractivity contribution in [3.8, 4) is 0 Å². The van der Waals surface area contributed by atoms with Crippen LogP contribution in [0.4, 0.5) is 11.4 Å². The molecule has 1 aromatic carbocycles. The van der Waals surface area contributed by atoms with Crippen molar-refractivity contribution >= 4 is 23.1 Å². The van der Waals surface area contributed by atoms with Crippen molar-refractivity contribution in [2.45, 2.75) is 23.6 Å². The van der Waals surface area contributed by atoms with Crippen LogP contribution in [-0.2, 0) is 0 Å². The molecule has 2 aromatic rings. The molecule has 112 valence electrons. The highest BCUT2D eigenvalue weighted by Crippen LogP contribution is 2.32. The van der Waals surface area contributed by atoms with Crippen LogP contribution in [0.2, 0.25) is 0 Å². The summed E-state index contributed by atoms with van der Waals surface area (Å²) in [6.45, 7) is 5.98. The molecule has 6 nitrogen and oxygen atoms in total. The first-order valence-electron chi connectivity index (χ1n) is 6.69. The normalized spacial score (nSPS) is 10.6. The molecule has 0 spiro atoms. The van der Waals surface area contributed by atoms with Crippen molar-refractivity contribution in [2.75, 3.05) is 23.7 Å². The Bertz CT molecular complexity index is 734. The molecule has 1 heterocycles. The Morgan fingerprint density at radius 1 is 1.19 bits per heavy atom. The molecule has 2 rings (SSSR count). The lowest BCUT2D eigenvalue weighted by Gasteiger charge is -2.21. The molecule has 1 aromatic heterocycles. The van der Waals surface area contributed by atoms with Crippen LogP contribution in [0.15, 0.2) is 43.8 Å². The lowest BCUT2D eigenvalue weighted by Crippen LogP contribution is -2.22. The fourth-order valence-corrected chi connectivity index (χ4v) is 2.82. The highest BCUT2D eigenvalue weighted by molar-refractivity contribution is 7.99.